The van der Waals surface area contributed by atoms with Crippen LogP contribution in [0.2, 0.25) is 0 Å². The highest BCUT2D eigenvalue weighted by molar-refractivity contribution is 5.82. The molecule has 0 fully saturated rings. The van der Waals surface area contributed by atoms with Gasteiger partial charge >= 0.3 is 0 Å². The number of nitrogens with zero attached hydrogens (tertiary/aromatic N) is 2. The summed E-state index contributed by atoms with van der Waals surface area (Å²) < 4.78 is 1.93. The Morgan fingerprint density at radius 1 is 1.05 bits per heavy atom. The summed E-state index contributed by atoms with van der Waals surface area (Å²) in [6, 6.07) is 16.6. The molecule has 1 heterocycles. The first-order valence-electron chi connectivity index (χ1n) is 6.46. The lowest BCUT2D eigenvalue weighted by atomic mass is 10.2. The minimum absolute atomic E-state index is 0.742. The van der Waals surface area contributed by atoms with E-state index < -0.39 is 0 Å². The summed E-state index contributed by atoms with van der Waals surface area (Å²) in [7, 11) is 1.99. The molecule has 3 aromatic rings. The summed E-state index contributed by atoms with van der Waals surface area (Å²) in [6.07, 6.45) is 0. The van der Waals surface area contributed by atoms with E-state index in [0.29, 0.717) is 0 Å². The van der Waals surface area contributed by atoms with Crippen molar-refractivity contribution >= 4 is 16.6 Å². The summed E-state index contributed by atoms with van der Waals surface area (Å²) in [4.78, 5) is 0. The van der Waals surface area contributed by atoms with Gasteiger partial charge in [-0.25, -0.2) is 0 Å². The summed E-state index contributed by atoms with van der Waals surface area (Å²) in [5, 5.41) is 9.26. The van der Waals surface area contributed by atoms with E-state index in [0.717, 1.165) is 17.9 Å². The fourth-order valence-electron chi connectivity index (χ4n) is 2.37. The van der Waals surface area contributed by atoms with E-state index in [1.807, 2.05) is 23.9 Å². The predicted octanol–water partition coefficient (Wildman–Crippen LogP) is 3.49. The summed E-state index contributed by atoms with van der Waals surface area (Å²) >= 11 is 0. The van der Waals surface area contributed by atoms with Gasteiger partial charge < -0.3 is 5.32 Å². The average Bonchev–Trinajstić information content (AvgIpc) is 2.75. The highest BCUT2D eigenvalue weighted by Gasteiger charge is 2.07. The van der Waals surface area contributed by atoms with Crippen LogP contribution in [0.5, 0.6) is 0 Å². The molecular weight excluding hydrogens is 234 g/mol. The lowest BCUT2D eigenvalue weighted by molar-refractivity contribution is 0.771. The zero-order chi connectivity index (χ0) is 13.2. The van der Waals surface area contributed by atoms with Crippen LogP contribution in [0.15, 0.2) is 48.5 Å². The van der Waals surface area contributed by atoms with E-state index in [9.17, 15) is 0 Å². The molecule has 0 amide bonds. The zero-order valence-electron chi connectivity index (χ0n) is 11.2. The van der Waals surface area contributed by atoms with E-state index >= 15 is 0 Å². The van der Waals surface area contributed by atoms with Gasteiger partial charge in [0.25, 0.3) is 0 Å². The van der Waals surface area contributed by atoms with Gasteiger partial charge in [-0.05, 0) is 24.6 Å². The van der Waals surface area contributed by atoms with E-state index in [4.69, 9.17) is 0 Å². The Morgan fingerprint density at radius 3 is 2.63 bits per heavy atom. The minimum Gasteiger partial charge on any atom is -0.379 e. The Balaban J connectivity index is 1.88. The first-order chi connectivity index (χ1) is 9.25. The normalized spacial score (nSPS) is 10.8. The van der Waals surface area contributed by atoms with Gasteiger partial charge in [0.05, 0.1) is 17.8 Å². The third kappa shape index (κ3) is 2.19. The van der Waals surface area contributed by atoms with Crippen LogP contribution in [0.25, 0.3) is 10.9 Å². The van der Waals surface area contributed by atoms with Crippen LogP contribution in [-0.2, 0) is 13.6 Å². The maximum absolute atomic E-state index is 4.59. The van der Waals surface area contributed by atoms with Crippen molar-refractivity contribution in [1.29, 1.82) is 0 Å². The first kappa shape index (κ1) is 11.8. The molecule has 0 atom stereocenters. The smallest absolute Gasteiger partial charge is 0.0894 e. The molecule has 0 unspecified atom stereocenters. The SMILES string of the molecule is Cc1ccccc1NCc1nn(C)c2ccccc12. The largest absolute Gasteiger partial charge is 0.379 e. The van der Waals surface area contributed by atoms with Gasteiger partial charge in [0.2, 0.25) is 0 Å². The molecule has 0 spiro atoms. The van der Waals surface area contributed by atoms with E-state index in [1.165, 1.54) is 16.5 Å². The number of nitrogens with one attached hydrogen (secondary N) is 1. The van der Waals surface area contributed by atoms with Gasteiger partial charge in [-0.2, -0.15) is 5.10 Å². The highest BCUT2D eigenvalue weighted by atomic mass is 15.3. The molecule has 0 bridgehead atoms. The van der Waals surface area contributed by atoms with Crippen LogP contribution >= 0.6 is 0 Å². The van der Waals surface area contributed by atoms with Crippen molar-refractivity contribution in [3.8, 4) is 0 Å². The number of anilines is 1. The molecule has 0 saturated carbocycles. The van der Waals surface area contributed by atoms with Crippen LogP contribution in [-0.4, -0.2) is 9.78 Å². The number of benzene rings is 2. The number of rotatable bonds is 3. The number of para-hydroxylation sites is 2. The zero-order valence-corrected chi connectivity index (χ0v) is 11.2. The van der Waals surface area contributed by atoms with Crippen molar-refractivity contribution < 1.29 is 0 Å². The summed E-state index contributed by atoms with van der Waals surface area (Å²) in [5.74, 6) is 0. The third-order valence-corrected chi connectivity index (χ3v) is 3.43. The van der Waals surface area contributed by atoms with Crippen molar-refractivity contribution in [1.82, 2.24) is 9.78 Å². The van der Waals surface area contributed by atoms with Crippen molar-refractivity contribution in [3.05, 3.63) is 59.8 Å². The van der Waals surface area contributed by atoms with Gasteiger partial charge in [-0.1, -0.05) is 36.4 Å². The second-order valence-electron chi connectivity index (χ2n) is 4.76. The molecule has 1 N–H and O–H groups in total. The molecule has 3 rings (SSSR count). The number of fused-ring (bicyclic) bond motifs is 1. The van der Waals surface area contributed by atoms with Crippen LogP contribution in [0.1, 0.15) is 11.3 Å². The van der Waals surface area contributed by atoms with Crippen LogP contribution < -0.4 is 5.32 Å². The Labute approximate surface area is 112 Å². The summed E-state index contributed by atoms with van der Waals surface area (Å²) in [5.41, 5.74) is 4.67. The minimum atomic E-state index is 0.742. The molecule has 0 aliphatic rings. The third-order valence-electron chi connectivity index (χ3n) is 3.43. The van der Waals surface area contributed by atoms with E-state index in [1.54, 1.807) is 0 Å². The van der Waals surface area contributed by atoms with Crippen LogP contribution in [0, 0.1) is 6.92 Å². The maximum atomic E-state index is 4.59. The quantitative estimate of drug-likeness (QED) is 0.772. The standard InChI is InChI=1S/C16H17N3/c1-12-7-3-5-9-14(12)17-11-15-13-8-4-6-10-16(13)19(2)18-15/h3-10,17H,11H2,1-2H3. The molecule has 0 aliphatic heterocycles. The second-order valence-corrected chi connectivity index (χ2v) is 4.76. The Kier molecular flexibility index (Phi) is 2.95. The lowest BCUT2D eigenvalue weighted by Crippen LogP contribution is -2.02. The van der Waals surface area contributed by atoms with Gasteiger partial charge in [0.15, 0.2) is 0 Å². The van der Waals surface area contributed by atoms with E-state index in [2.05, 4.69) is 53.7 Å². The fraction of sp³-hybridized carbons (Fsp3) is 0.188. The van der Waals surface area contributed by atoms with Gasteiger partial charge in [0.1, 0.15) is 0 Å². The maximum Gasteiger partial charge on any atom is 0.0894 e. The fourth-order valence-corrected chi connectivity index (χ4v) is 2.37. The van der Waals surface area contributed by atoms with Crippen molar-refractivity contribution in [3.63, 3.8) is 0 Å². The number of aromatic nitrogens is 2. The Morgan fingerprint density at radius 2 is 1.79 bits per heavy atom. The topological polar surface area (TPSA) is 29.9 Å². The predicted molar refractivity (Wildman–Crippen MR) is 79.2 cm³/mol. The molecule has 1 aromatic heterocycles. The Bertz CT molecular complexity index is 713. The lowest BCUT2D eigenvalue weighted by Gasteiger charge is -2.07. The summed E-state index contributed by atoms with van der Waals surface area (Å²) in [6.45, 7) is 2.85. The molecule has 0 saturated heterocycles. The average molecular weight is 251 g/mol. The number of aryl methyl sites for hydroxylation is 2. The van der Waals surface area contributed by atoms with Crippen LogP contribution in [0.4, 0.5) is 5.69 Å². The van der Waals surface area contributed by atoms with Crippen LogP contribution in [0.3, 0.4) is 0 Å². The number of hydrogen-bond donors (Lipinski definition) is 1. The van der Waals surface area contributed by atoms with E-state index in [-0.39, 0.29) is 0 Å². The molecule has 96 valence electrons. The number of hydrogen-bond acceptors (Lipinski definition) is 2. The molecule has 3 heteroatoms. The van der Waals surface area contributed by atoms with Crippen molar-refractivity contribution in [2.24, 2.45) is 7.05 Å². The Hall–Kier alpha value is -2.29. The molecule has 3 nitrogen and oxygen atoms in total. The molecule has 0 radical (unpaired) electrons. The van der Waals surface area contributed by atoms with Crippen molar-refractivity contribution in [2.75, 3.05) is 5.32 Å². The molecule has 0 aliphatic carbocycles. The first-order valence-corrected chi connectivity index (χ1v) is 6.46. The van der Waals surface area contributed by atoms with Gasteiger partial charge in [-0.3, -0.25) is 4.68 Å². The molecule has 2 aromatic carbocycles. The van der Waals surface area contributed by atoms with Gasteiger partial charge in [-0.15, -0.1) is 0 Å². The second kappa shape index (κ2) is 4.76. The van der Waals surface area contributed by atoms with Crippen molar-refractivity contribution in [2.45, 2.75) is 13.5 Å². The van der Waals surface area contributed by atoms with Gasteiger partial charge in [0, 0.05) is 18.1 Å². The monoisotopic (exact) mass is 251 g/mol. The molecule has 19 heavy (non-hydrogen) atoms. The molecular formula is C16H17N3. The highest BCUT2D eigenvalue weighted by Crippen LogP contribution is 2.19.